The number of terminal acetylenes is 1. The van der Waals surface area contributed by atoms with Crippen LogP contribution < -0.4 is 5.32 Å². The third kappa shape index (κ3) is 8.21. The average Bonchev–Trinajstić information content (AvgIpc) is 2.16. The SMILES string of the molecule is C#CCC(CC)NCCCSCC. The van der Waals surface area contributed by atoms with Gasteiger partial charge in [-0.25, -0.2) is 0 Å². The van der Waals surface area contributed by atoms with Gasteiger partial charge < -0.3 is 5.32 Å². The van der Waals surface area contributed by atoms with E-state index in [0.717, 1.165) is 19.4 Å². The van der Waals surface area contributed by atoms with Crippen molar-refractivity contribution in [3.8, 4) is 12.3 Å². The molecule has 0 aliphatic carbocycles. The van der Waals surface area contributed by atoms with Gasteiger partial charge in [-0.1, -0.05) is 13.8 Å². The van der Waals surface area contributed by atoms with Crippen LogP contribution in [-0.2, 0) is 0 Å². The molecule has 1 nitrogen and oxygen atoms in total. The van der Waals surface area contributed by atoms with Crippen molar-refractivity contribution >= 4 is 11.8 Å². The van der Waals surface area contributed by atoms with Gasteiger partial charge in [-0.2, -0.15) is 11.8 Å². The number of thioether (sulfide) groups is 1. The Morgan fingerprint density at radius 2 is 2.23 bits per heavy atom. The molecular weight excluding hydrogens is 178 g/mol. The van der Waals surface area contributed by atoms with Crippen molar-refractivity contribution < 1.29 is 0 Å². The summed E-state index contributed by atoms with van der Waals surface area (Å²) in [6.45, 7) is 5.48. The van der Waals surface area contributed by atoms with Crippen LogP contribution in [-0.4, -0.2) is 24.1 Å². The van der Waals surface area contributed by atoms with Gasteiger partial charge in [0.25, 0.3) is 0 Å². The van der Waals surface area contributed by atoms with Gasteiger partial charge in [-0.15, -0.1) is 12.3 Å². The Labute approximate surface area is 87.1 Å². The van der Waals surface area contributed by atoms with E-state index in [1.165, 1.54) is 17.9 Å². The normalized spacial score (nSPS) is 12.4. The molecular formula is C11H21NS. The van der Waals surface area contributed by atoms with E-state index in [1.54, 1.807) is 0 Å². The number of rotatable bonds is 8. The minimum Gasteiger partial charge on any atom is -0.313 e. The molecule has 0 aromatic heterocycles. The quantitative estimate of drug-likeness (QED) is 0.476. The van der Waals surface area contributed by atoms with Crippen molar-refractivity contribution in [2.24, 2.45) is 0 Å². The molecule has 1 N–H and O–H groups in total. The van der Waals surface area contributed by atoms with Crippen LogP contribution in [0.4, 0.5) is 0 Å². The van der Waals surface area contributed by atoms with E-state index in [2.05, 4.69) is 25.1 Å². The van der Waals surface area contributed by atoms with Crippen molar-refractivity contribution in [2.75, 3.05) is 18.1 Å². The number of hydrogen-bond donors (Lipinski definition) is 1. The maximum atomic E-state index is 5.26. The highest BCUT2D eigenvalue weighted by Gasteiger charge is 2.01. The van der Waals surface area contributed by atoms with E-state index in [1.807, 2.05) is 11.8 Å². The van der Waals surface area contributed by atoms with Gasteiger partial charge in [0.05, 0.1) is 0 Å². The first-order chi connectivity index (χ1) is 6.35. The van der Waals surface area contributed by atoms with Crippen molar-refractivity contribution in [3.63, 3.8) is 0 Å². The zero-order valence-electron chi connectivity index (χ0n) is 8.81. The minimum absolute atomic E-state index is 0.525. The molecule has 0 rings (SSSR count). The Balaban J connectivity index is 3.23. The summed E-state index contributed by atoms with van der Waals surface area (Å²) in [6, 6.07) is 0.525. The van der Waals surface area contributed by atoms with Crippen molar-refractivity contribution in [3.05, 3.63) is 0 Å². The van der Waals surface area contributed by atoms with E-state index in [9.17, 15) is 0 Å². The van der Waals surface area contributed by atoms with E-state index in [-0.39, 0.29) is 0 Å². The van der Waals surface area contributed by atoms with Gasteiger partial charge in [-0.05, 0) is 30.9 Å². The van der Waals surface area contributed by atoms with E-state index in [4.69, 9.17) is 6.42 Å². The molecule has 0 aromatic carbocycles. The molecule has 0 amide bonds. The van der Waals surface area contributed by atoms with Gasteiger partial charge in [0.2, 0.25) is 0 Å². The molecule has 0 radical (unpaired) electrons. The van der Waals surface area contributed by atoms with Crippen LogP contribution in [0.5, 0.6) is 0 Å². The molecule has 0 spiro atoms. The highest BCUT2D eigenvalue weighted by Crippen LogP contribution is 2.01. The third-order valence-corrected chi connectivity index (χ3v) is 2.95. The largest absolute Gasteiger partial charge is 0.313 e. The first-order valence-electron chi connectivity index (χ1n) is 5.09. The highest BCUT2D eigenvalue weighted by atomic mass is 32.2. The van der Waals surface area contributed by atoms with E-state index in [0.29, 0.717) is 6.04 Å². The third-order valence-electron chi connectivity index (χ3n) is 1.96. The van der Waals surface area contributed by atoms with Crippen LogP contribution in [0.2, 0.25) is 0 Å². The Morgan fingerprint density at radius 1 is 1.46 bits per heavy atom. The summed E-state index contributed by atoms with van der Waals surface area (Å²) in [4.78, 5) is 0. The second-order valence-corrected chi connectivity index (χ2v) is 4.41. The summed E-state index contributed by atoms with van der Waals surface area (Å²) in [6.07, 6.45) is 8.50. The van der Waals surface area contributed by atoms with Crippen LogP contribution in [0.1, 0.15) is 33.1 Å². The lowest BCUT2D eigenvalue weighted by Crippen LogP contribution is -2.29. The van der Waals surface area contributed by atoms with E-state index < -0.39 is 0 Å². The van der Waals surface area contributed by atoms with Crippen molar-refractivity contribution in [2.45, 2.75) is 39.2 Å². The van der Waals surface area contributed by atoms with Gasteiger partial charge in [-0.3, -0.25) is 0 Å². The lowest BCUT2D eigenvalue weighted by molar-refractivity contribution is 0.508. The van der Waals surface area contributed by atoms with Gasteiger partial charge in [0.1, 0.15) is 0 Å². The monoisotopic (exact) mass is 199 g/mol. The van der Waals surface area contributed by atoms with Crippen LogP contribution in [0.3, 0.4) is 0 Å². The van der Waals surface area contributed by atoms with Crippen LogP contribution in [0, 0.1) is 12.3 Å². The van der Waals surface area contributed by atoms with Crippen LogP contribution in [0.15, 0.2) is 0 Å². The first-order valence-corrected chi connectivity index (χ1v) is 6.25. The summed E-state index contributed by atoms with van der Waals surface area (Å²) >= 11 is 2.00. The van der Waals surface area contributed by atoms with Gasteiger partial charge in [0.15, 0.2) is 0 Å². The molecule has 13 heavy (non-hydrogen) atoms. The summed E-state index contributed by atoms with van der Waals surface area (Å²) < 4.78 is 0. The molecule has 76 valence electrons. The molecule has 2 heteroatoms. The van der Waals surface area contributed by atoms with Crippen molar-refractivity contribution in [1.82, 2.24) is 5.32 Å². The number of nitrogens with one attached hydrogen (secondary N) is 1. The molecule has 1 atom stereocenters. The topological polar surface area (TPSA) is 12.0 Å². The average molecular weight is 199 g/mol. The number of hydrogen-bond acceptors (Lipinski definition) is 2. The fraction of sp³-hybridized carbons (Fsp3) is 0.818. The van der Waals surface area contributed by atoms with Gasteiger partial charge in [0, 0.05) is 12.5 Å². The zero-order valence-corrected chi connectivity index (χ0v) is 9.62. The fourth-order valence-electron chi connectivity index (χ4n) is 1.13. The molecule has 0 saturated heterocycles. The summed E-state index contributed by atoms with van der Waals surface area (Å²) in [5, 5.41) is 3.47. The molecule has 0 heterocycles. The van der Waals surface area contributed by atoms with E-state index >= 15 is 0 Å². The Morgan fingerprint density at radius 3 is 2.77 bits per heavy atom. The molecule has 0 aliphatic heterocycles. The fourth-order valence-corrected chi connectivity index (χ4v) is 1.76. The molecule has 0 aliphatic rings. The maximum absolute atomic E-state index is 5.26. The molecule has 0 fully saturated rings. The summed E-state index contributed by atoms with van der Waals surface area (Å²) in [5.41, 5.74) is 0. The van der Waals surface area contributed by atoms with Crippen LogP contribution >= 0.6 is 11.8 Å². The lowest BCUT2D eigenvalue weighted by atomic mass is 10.1. The Bertz CT molecular complexity index is 140. The Hall–Kier alpha value is -0.130. The minimum atomic E-state index is 0.525. The molecule has 1 unspecified atom stereocenters. The van der Waals surface area contributed by atoms with Crippen molar-refractivity contribution in [1.29, 1.82) is 0 Å². The first kappa shape index (κ1) is 12.9. The molecule has 0 aromatic rings. The second-order valence-electron chi connectivity index (χ2n) is 3.02. The predicted molar refractivity (Wildman–Crippen MR) is 63.1 cm³/mol. The standard InChI is InChI=1S/C11H21NS/c1-4-8-11(5-2)12-9-7-10-13-6-3/h1,11-12H,5-10H2,2-3H3. The van der Waals surface area contributed by atoms with Gasteiger partial charge >= 0.3 is 0 Å². The zero-order chi connectivity index (χ0) is 9.94. The molecule has 0 saturated carbocycles. The maximum Gasteiger partial charge on any atom is 0.0240 e. The lowest BCUT2D eigenvalue weighted by Gasteiger charge is -2.13. The molecule has 0 bridgehead atoms. The smallest absolute Gasteiger partial charge is 0.0240 e. The summed E-state index contributed by atoms with van der Waals surface area (Å²) in [7, 11) is 0. The predicted octanol–water partition coefficient (Wildman–Crippen LogP) is 2.52. The Kier molecular flexibility index (Phi) is 9.85. The summed E-state index contributed by atoms with van der Waals surface area (Å²) in [5.74, 6) is 5.19. The second kappa shape index (κ2) is 9.95. The van der Waals surface area contributed by atoms with Crippen LogP contribution in [0.25, 0.3) is 0 Å². The highest BCUT2D eigenvalue weighted by molar-refractivity contribution is 7.99.